The topological polar surface area (TPSA) is 48.1 Å². The van der Waals surface area contributed by atoms with Gasteiger partial charge in [0, 0.05) is 19.6 Å². The molecule has 0 N–H and O–H groups in total. The number of carbonyl (C=O) groups is 1. The van der Waals surface area contributed by atoms with Gasteiger partial charge in [-0.05, 0) is 20.8 Å². The highest BCUT2D eigenvalue weighted by atomic mass is 16.7. The lowest BCUT2D eigenvalue weighted by atomic mass is 10.4. The van der Waals surface area contributed by atoms with Crippen molar-refractivity contribution < 1.29 is 19.0 Å². The molecule has 1 atom stereocenters. The minimum atomic E-state index is -0.0370. The molecule has 0 radical (unpaired) electrons. The number of epoxide rings is 1. The Kier molecular flexibility index (Phi) is 8.83. The molecule has 4 nitrogen and oxygen atoms in total. The lowest BCUT2D eigenvalue weighted by Gasteiger charge is -2.09. The van der Waals surface area contributed by atoms with Crippen LogP contribution in [0.25, 0.3) is 0 Å². The van der Waals surface area contributed by atoms with Crippen molar-refractivity contribution in [2.75, 3.05) is 19.8 Å². The molecule has 84 valence electrons. The van der Waals surface area contributed by atoms with Gasteiger partial charge in [0.2, 0.25) is 0 Å². The quantitative estimate of drug-likeness (QED) is 0.372. The highest BCUT2D eigenvalue weighted by Gasteiger charge is 2.20. The van der Waals surface area contributed by atoms with E-state index < -0.39 is 0 Å². The van der Waals surface area contributed by atoms with Crippen molar-refractivity contribution >= 4 is 6.29 Å². The van der Waals surface area contributed by atoms with E-state index in [0.29, 0.717) is 6.42 Å². The third kappa shape index (κ3) is 9.64. The van der Waals surface area contributed by atoms with Crippen molar-refractivity contribution in [2.24, 2.45) is 0 Å². The standard InChI is InChI=1S/C6H14O2.C4H6O2/c1-4-7-6(3)8-5-2;5-2-1-4-3-6-4/h6H,4-5H2,1-3H3;2,4H,1,3H2. The number of carbonyl (C=O) groups excluding carboxylic acids is 1. The summed E-state index contributed by atoms with van der Waals surface area (Å²) in [5, 5.41) is 0. The van der Waals surface area contributed by atoms with Gasteiger partial charge in [0.15, 0.2) is 6.29 Å². The molecule has 0 aromatic rings. The molecule has 0 amide bonds. The van der Waals surface area contributed by atoms with Gasteiger partial charge >= 0.3 is 0 Å². The van der Waals surface area contributed by atoms with Crippen molar-refractivity contribution in [1.82, 2.24) is 0 Å². The number of hydrogen-bond donors (Lipinski definition) is 0. The predicted octanol–water partition coefficient (Wildman–Crippen LogP) is 1.38. The lowest BCUT2D eigenvalue weighted by Crippen LogP contribution is -2.11. The number of aldehydes is 1. The molecule has 0 aromatic heterocycles. The fourth-order valence-corrected chi connectivity index (χ4v) is 0.829. The first-order valence-corrected chi connectivity index (χ1v) is 5.03. The Morgan fingerprint density at radius 1 is 1.43 bits per heavy atom. The molecule has 0 spiro atoms. The van der Waals surface area contributed by atoms with Crippen molar-refractivity contribution in [2.45, 2.75) is 39.6 Å². The van der Waals surface area contributed by atoms with E-state index in [0.717, 1.165) is 26.1 Å². The van der Waals surface area contributed by atoms with E-state index in [-0.39, 0.29) is 12.4 Å². The van der Waals surface area contributed by atoms with Crippen LogP contribution in [0.3, 0.4) is 0 Å². The number of ether oxygens (including phenoxy) is 3. The van der Waals surface area contributed by atoms with Crippen LogP contribution < -0.4 is 0 Å². The molecule has 1 saturated heterocycles. The Bertz CT molecular complexity index is 128. The van der Waals surface area contributed by atoms with E-state index in [1.807, 2.05) is 20.8 Å². The Morgan fingerprint density at radius 3 is 2.14 bits per heavy atom. The van der Waals surface area contributed by atoms with E-state index in [4.69, 9.17) is 14.2 Å². The molecule has 0 aromatic carbocycles. The summed E-state index contributed by atoms with van der Waals surface area (Å²) in [6.45, 7) is 8.04. The van der Waals surface area contributed by atoms with Crippen LogP contribution in [0.15, 0.2) is 0 Å². The average Bonchev–Trinajstić information content (AvgIpc) is 2.91. The molecule has 0 saturated carbocycles. The second-order valence-electron chi connectivity index (χ2n) is 2.84. The maximum absolute atomic E-state index is 9.58. The van der Waals surface area contributed by atoms with Crippen LogP contribution in [0.2, 0.25) is 0 Å². The molecule has 1 heterocycles. The Hall–Kier alpha value is -0.450. The summed E-state index contributed by atoms with van der Waals surface area (Å²) in [6.07, 6.45) is 1.71. The monoisotopic (exact) mass is 204 g/mol. The largest absolute Gasteiger partial charge is 0.373 e. The first-order chi connectivity index (χ1) is 6.74. The van der Waals surface area contributed by atoms with Gasteiger partial charge in [-0.3, -0.25) is 0 Å². The molecule has 1 fully saturated rings. The summed E-state index contributed by atoms with van der Waals surface area (Å²) >= 11 is 0. The summed E-state index contributed by atoms with van der Waals surface area (Å²) < 4.78 is 14.8. The maximum Gasteiger partial charge on any atom is 0.154 e. The summed E-state index contributed by atoms with van der Waals surface area (Å²) in [7, 11) is 0. The predicted molar refractivity (Wildman–Crippen MR) is 53.1 cm³/mol. The van der Waals surface area contributed by atoms with Crippen molar-refractivity contribution in [3.8, 4) is 0 Å². The van der Waals surface area contributed by atoms with Gasteiger partial charge in [-0.2, -0.15) is 0 Å². The van der Waals surface area contributed by atoms with Gasteiger partial charge in [0.05, 0.1) is 12.7 Å². The molecule has 1 unspecified atom stereocenters. The molecule has 1 rings (SSSR count). The zero-order valence-corrected chi connectivity index (χ0v) is 9.19. The fourth-order valence-electron chi connectivity index (χ4n) is 0.829. The van der Waals surface area contributed by atoms with Gasteiger partial charge in [-0.15, -0.1) is 0 Å². The van der Waals surface area contributed by atoms with Gasteiger partial charge in [-0.25, -0.2) is 0 Å². The molecular weight excluding hydrogens is 184 g/mol. The van der Waals surface area contributed by atoms with E-state index in [2.05, 4.69) is 0 Å². The van der Waals surface area contributed by atoms with E-state index in [1.54, 1.807) is 0 Å². The van der Waals surface area contributed by atoms with Crippen LogP contribution in [-0.4, -0.2) is 38.5 Å². The minimum Gasteiger partial charge on any atom is -0.373 e. The van der Waals surface area contributed by atoms with Crippen molar-refractivity contribution in [3.63, 3.8) is 0 Å². The summed E-state index contributed by atoms with van der Waals surface area (Å²) in [6, 6.07) is 0. The van der Waals surface area contributed by atoms with Gasteiger partial charge < -0.3 is 19.0 Å². The van der Waals surface area contributed by atoms with E-state index in [9.17, 15) is 4.79 Å². The average molecular weight is 204 g/mol. The first kappa shape index (κ1) is 13.5. The van der Waals surface area contributed by atoms with Crippen LogP contribution in [-0.2, 0) is 19.0 Å². The van der Waals surface area contributed by atoms with Crippen molar-refractivity contribution in [3.05, 3.63) is 0 Å². The second-order valence-corrected chi connectivity index (χ2v) is 2.84. The molecule has 14 heavy (non-hydrogen) atoms. The van der Waals surface area contributed by atoms with E-state index in [1.165, 1.54) is 0 Å². The summed E-state index contributed by atoms with van der Waals surface area (Å²) in [4.78, 5) is 9.58. The number of hydrogen-bond acceptors (Lipinski definition) is 4. The fraction of sp³-hybridized carbons (Fsp3) is 0.900. The molecule has 1 aliphatic rings. The van der Waals surface area contributed by atoms with E-state index >= 15 is 0 Å². The zero-order chi connectivity index (χ0) is 10.8. The third-order valence-corrected chi connectivity index (χ3v) is 1.56. The van der Waals surface area contributed by atoms with Crippen LogP contribution in [0.4, 0.5) is 0 Å². The summed E-state index contributed by atoms with van der Waals surface area (Å²) in [5.41, 5.74) is 0. The highest BCUT2D eigenvalue weighted by molar-refractivity contribution is 5.50. The molecule has 0 aliphatic carbocycles. The number of rotatable bonds is 6. The molecule has 0 bridgehead atoms. The van der Waals surface area contributed by atoms with Crippen LogP contribution in [0.1, 0.15) is 27.2 Å². The third-order valence-electron chi connectivity index (χ3n) is 1.56. The van der Waals surface area contributed by atoms with Crippen LogP contribution >= 0.6 is 0 Å². The molecule has 1 aliphatic heterocycles. The maximum atomic E-state index is 9.58. The Morgan fingerprint density at radius 2 is 1.93 bits per heavy atom. The molecular formula is C10H20O4. The van der Waals surface area contributed by atoms with Gasteiger partial charge in [0.25, 0.3) is 0 Å². The van der Waals surface area contributed by atoms with Crippen LogP contribution in [0.5, 0.6) is 0 Å². The van der Waals surface area contributed by atoms with Gasteiger partial charge in [-0.1, -0.05) is 0 Å². The van der Waals surface area contributed by atoms with Crippen molar-refractivity contribution in [1.29, 1.82) is 0 Å². The Balaban J connectivity index is 0.000000249. The SMILES string of the molecule is CCOC(C)OCC.O=CCC1CO1. The summed E-state index contributed by atoms with van der Waals surface area (Å²) in [5.74, 6) is 0. The van der Waals surface area contributed by atoms with Gasteiger partial charge in [0.1, 0.15) is 6.29 Å². The first-order valence-electron chi connectivity index (χ1n) is 5.03. The second kappa shape index (κ2) is 9.12. The molecule has 4 heteroatoms. The lowest BCUT2D eigenvalue weighted by molar-refractivity contribution is -0.123. The zero-order valence-electron chi connectivity index (χ0n) is 9.19. The highest BCUT2D eigenvalue weighted by Crippen LogP contribution is 2.10. The smallest absolute Gasteiger partial charge is 0.154 e. The Labute approximate surface area is 85.5 Å². The normalized spacial score (nSPS) is 18.7. The minimum absolute atomic E-state index is 0.0370. The van der Waals surface area contributed by atoms with Crippen LogP contribution in [0, 0.1) is 0 Å².